The van der Waals surface area contributed by atoms with Gasteiger partial charge in [-0.05, 0) is 131 Å². The van der Waals surface area contributed by atoms with E-state index in [-0.39, 0.29) is 0 Å². The summed E-state index contributed by atoms with van der Waals surface area (Å²) >= 11 is 0. The number of benzene rings is 10. The highest BCUT2D eigenvalue weighted by Gasteiger charge is 2.16. The Morgan fingerprint density at radius 2 is 0.375 bits per heavy atom. The highest BCUT2D eigenvalue weighted by Crippen LogP contribution is 2.40. The minimum Gasteiger partial charge on any atom is -0.311 e. The fourth-order valence-corrected chi connectivity index (χ4v) is 8.23. The summed E-state index contributed by atoms with van der Waals surface area (Å²) in [5, 5.41) is 0. The van der Waals surface area contributed by atoms with Crippen LogP contribution < -0.4 is 9.80 Å². The molecule has 302 valence electrons. The second kappa shape index (κ2) is 19.8. The smallest absolute Gasteiger partial charge is 0.0545 e. The highest BCUT2D eigenvalue weighted by atomic mass is 15.1. The first kappa shape index (κ1) is 38.8. The van der Waals surface area contributed by atoms with Gasteiger partial charge in [0.15, 0.2) is 0 Å². The Hall–Kier alpha value is -8.07. The second-order valence-electron chi connectivity index (χ2n) is 15.4. The van der Waals surface area contributed by atoms with Crippen LogP contribution in [0.25, 0.3) is 55.6 Å². The molecule has 10 aromatic rings. The molecular formula is C60H46B2N2. The van der Waals surface area contributed by atoms with E-state index in [1.54, 1.807) is 0 Å². The molecule has 0 spiro atoms. The van der Waals surface area contributed by atoms with Gasteiger partial charge in [0, 0.05) is 41.9 Å². The highest BCUT2D eigenvalue weighted by molar-refractivity contribution is 6.75. The van der Waals surface area contributed by atoms with E-state index < -0.39 is 7.66 Å². The van der Waals surface area contributed by atoms with Gasteiger partial charge in [0.05, 0.1) is 7.66 Å². The lowest BCUT2D eigenvalue weighted by Gasteiger charge is -2.27. The second-order valence-corrected chi connectivity index (χ2v) is 15.4. The average molecular weight is 820 g/mol. The van der Waals surface area contributed by atoms with E-state index in [4.69, 9.17) is 2.67 Å². The van der Waals surface area contributed by atoms with Gasteiger partial charge >= 0.3 is 0 Å². The average Bonchev–Trinajstić information content (AvgIpc) is 3.39. The van der Waals surface area contributed by atoms with E-state index in [0.717, 1.165) is 45.3 Å². The number of nitrogens with zero attached hydrogens (tertiary/aromatic N) is 2. The molecule has 0 aliphatic rings. The van der Waals surface area contributed by atoms with Gasteiger partial charge < -0.3 is 9.80 Å². The van der Waals surface area contributed by atoms with Crippen molar-refractivity contribution in [2.75, 3.05) is 9.80 Å². The molecule has 2 nitrogen and oxygen atoms in total. The zero-order valence-electron chi connectivity index (χ0n) is 37.5. The summed E-state index contributed by atoms with van der Waals surface area (Å²) in [6.07, 6.45) is 0. The van der Waals surface area contributed by atoms with Crippen molar-refractivity contribution < 1.29 is 0 Å². The molecule has 10 rings (SSSR count). The lowest BCUT2D eigenvalue weighted by molar-refractivity contribution is 1.28. The number of hydrogen-bond donors (Lipinski definition) is 0. The summed E-state index contributed by atoms with van der Waals surface area (Å²) in [5.41, 5.74) is 18.5. The van der Waals surface area contributed by atoms with E-state index in [1.165, 1.54) is 44.5 Å². The Bertz CT molecular complexity index is 2660. The molecule has 0 saturated carbocycles. The number of rotatable bonds is 11. The maximum atomic E-state index is 6.03. The van der Waals surface area contributed by atoms with E-state index in [1.807, 2.05) is 0 Å². The van der Waals surface area contributed by atoms with Gasteiger partial charge in [-0.2, -0.15) is 0 Å². The van der Waals surface area contributed by atoms with Crippen LogP contribution in [0.4, 0.5) is 34.1 Å². The van der Waals surface area contributed by atoms with Crippen molar-refractivity contribution in [2.45, 2.75) is 0 Å². The van der Waals surface area contributed by atoms with Gasteiger partial charge in [-0.3, -0.25) is 0 Å². The van der Waals surface area contributed by atoms with Gasteiger partial charge in [-0.15, -0.1) is 0 Å². The van der Waals surface area contributed by atoms with Crippen LogP contribution in [-0.4, -0.2) is 18.1 Å². The largest absolute Gasteiger partial charge is 0.311 e. The molecule has 0 saturated heterocycles. The summed E-state index contributed by atoms with van der Waals surface area (Å²) in [4.78, 5) is 4.67. The molecule has 0 aromatic heterocycles. The molecule has 10 aromatic carbocycles. The molecule has 0 N–H and O–H groups in total. The predicted molar refractivity (Wildman–Crippen MR) is 277 cm³/mol. The standard InChI is InChI=1S/C60H44N2.B2H2/c1-5-13-45(14-6-1)49-21-33-55(34-22-49)61(56-35-23-50(24-36-56)46-15-7-2-8-16-46)59-41-29-53(30-42-59)54-31-43-60(44-32-54)62(57-37-25-51(26-38-57)47-17-9-3-10-18-47)58-39-27-52(28-40-58)48-19-11-4-12-20-48;1-2/h1-44H;1H2/i;1TD. The van der Waals surface area contributed by atoms with Crippen LogP contribution in [0.5, 0.6) is 0 Å². The fraction of sp³-hybridized carbons (Fsp3) is 0. The molecule has 0 atom stereocenters. The third-order valence-corrected chi connectivity index (χ3v) is 11.5. The zero-order valence-corrected chi connectivity index (χ0v) is 35.5. The van der Waals surface area contributed by atoms with Crippen LogP contribution in [0.1, 0.15) is 0 Å². The summed E-state index contributed by atoms with van der Waals surface area (Å²) < 4.78 is 12.1. The van der Waals surface area contributed by atoms with Gasteiger partial charge in [0.25, 0.3) is 0 Å². The Balaban J connectivity index is 0.00000132. The van der Waals surface area contributed by atoms with Crippen molar-refractivity contribution in [1.82, 2.24) is 0 Å². The molecule has 0 bridgehead atoms. The molecule has 0 aliphatic heterocycles. The van der Waals surface area contributed by atoms with E-state index >= 15 is 0 Å². The molecule has 0 aliphatic carbocycles. The first-order chi connectivity index (χ1) is 32.5. The van der Waals surface area contributed by atoms with E-state index in [0.29, 0.717) is 0 Å². The van der Waals surface area contributed by atoms with Crippen LogP contribution in [0, 0.1) is 0 Å². The van der Waals surface area contributed by atoms with Gasteiger partial charge in [-0.25, -0.2) is 0 Å². The Morgan fingerprint density at radius 3 is 0.516 bits per heavy atom. The van der Waals surface area contributed by atoms with Crippen molar-refractivity contribution in [1.29, 1.82) is 2.67 Å². The van der Waals surface area contributed by atoms with Crippen molar-refractivity contribution in [2.24, 2.45) is 0 Å². The molecule has 64 heavy (non-hydrogen) atoms. The molecule has 0 unspecified atom stereocenters. The third kappa shape index (κ3) is 9.23. The Kier molecular flexibility index (Phi) is 12.0. The van der Waals surface area contributed by atoms with E-state index in [2.05, 4.69) is 284 Å². The summed E-state index contributed by atoms with van der Waals surface area (Å²) in [6.45, 7) is 0. The summed E-state index contributed by atoms with van der Waals surface area (Å²) in [6, 6.07) is 95.5. The normalized spacial score (nSPS) is 11.0. The van der Waals surface area contributed by atoms with Crippen LogP contribution in [0.15, 0.2) is 267 Å². The Labute approximate surface area is 382 Å². The van der Waals surface area contributed by atoms with Crippen molar-refractivity contribution >= 4 is 49.5 Å². The zero-order chi connectivity index (χ0) is 45.1. The molecule has 2 radical (unpaired) electrons. The SMILES string of the molecule is [2H]B([3H])[B].c1ccc(-c2ccc(N(c3ccc(-c4ccccc4)cc3)c3ccc(-c4ccc(N(c5ccc(-c6ccccc6)cc5)c5ccc(-c6ccccc6)cc5)cc4)cc3)cc2)cc1. The quantitative estimate of drug-likeness (QED) is 0.120. The predicted octanol–water partition coefficient (Wildman–Crippen LogP) is 15.7. The van der Waals surface area contributed by atoms with Crippen molar-refractivity contribution in [3.63, 3.8) is 0 Å². The van der Waals surface area contributed by atoms with Gasteiger partial charge in [0.1, 0.15) is 0 Å². The van der Waals surface area contributed by atoms with Gasteiger partial charge in [0.2, 0.25) is 0 Å². The Morgan fingerprint density at radius 1 is 0.250 bits per heavy atom. The van der Waals surface area contributed by atoms with E-state index in [9.17, 15) is 0 Å². The first-order valence-electron chi connectivity index (χ1n) is 22.7. The number of hydrogen-bond acceptors (Lipinski definition) is 2. The minimum atomic E-state index is -1.17. The van der Waals surface area contributed by atoms with Gasteiger partial charge in [-0.1, -0.05) is 194 Å². The van der Waals surface area contributed by atoms with Crippen LogP contribution in [0.2, 0.25) is 0 Å². The molecule has 0 heterocycles. The molecule has 4 heteroatoms. The summed E-state index contributed by atoms with van der Waals surface area (Å²) in [5.74, 6) is 0. The molecular weight excluding hydrogens is 770 g/mol. The number of anilines is 6. The van der Waals surface area contributed by atoms with Crippen molar-refractivity contribution in [3.05, 3.63) is 267 Å². The maximum Gasteiger partial charge on any atom is 0.0545 e. The van der Waals surface area contributed by atoms with Crippen LogP contribution in [0.3, 0.4) is 0 Å². The molecule has 0 amide bonds. The monoisotopic (exact) mass is 819 g/mol. The van der Waals surface area contributed by atoms with Crippen LogP contribution in [-0.2, 0) is 0 Å². The third-order valence-electron chi connectivity index (χ3n) is 11.5. The maximum absolute atomic E-state index is 6.03. The lowest BCUT2D eigenvalue weighted by atomic mass is 9.81. The summed E-state index contributed by atoms with van der Waals surface area (Å²) in [7, 11) is 3.28. The topological polar surface area (TPSA) is 6.48 Å². The minimum absolute atomic E-state index is 1.09. The van der Waals surface area contributed by atoms with Crippen molar-refractivity contribution in [3.8, 4) is 55.6 Å². The first-order valence-corrected chi connectivity index (χ1v) is 21.5. The van der Waals surface area contributed by atoms with Crippen LogP contribution >= 0.6 is 0 Å². The lowest BCUT2D eigenvalue weighted by Crippen LogP contribution is -2.10. The fourth-order valence-electron chi connectivity index (χ4n) is 8.23. The molecule has 0 fully saturated rings.